The summed E-state index contributed by atoms with van der Waals surface area (Å²) in [5.74, 6) is 6.25. The van der Waals surface area contributed by atoms with Gasteiger partial charge in [0.05, 0.1) is 12.1 Å². The second-order valence-electron chi connectivity index (χ2n) is 7.90. The summed E-state index contributed by atoms with van der Waals surface area (Å²) in [6, 6.07) is 9.51. The SMILES string of the molecule is Cc1cccc(C(=O)N[C@H](/C(N)=C/N(N)C2(C#N)CC2)C2CCCCC2)c1.I.[HH]. The van der Waals surface area contributed by atoms with Gasteiger partial charge in [0.1, 0.15) is 5.54 Å². The van der Waals surface area contributed by atoms with Crippen LogP contribution in [0.3, 0.4) is 0 Å². The molecule has 1 aromatic carbocycles. The number of hydrazine groups is 1. The number of hydrogen-bond donors (Lipinski definition) is 3. The standard InChI is InChI=1S/C21H29N5O.HI.H2/c1-15-6-5-9-17(12-15)20(27)25-19(16-7-3-2-4-8-16)18(23)13-26(24)21(14-22)10-11-21;;/h5-6,9,12-13,16,19H,2-4,7-8,10-11,23-24H2,1H3,(H,25,27);2*1H/b18-13-;;/t19-;;/m0../s1. The zero-order chi connectivity index (χ0) is 19.4. The zero-order valence-electron chi connectivity index (χ0n) is 16.4. The van der Waals surface area contributed by atoms with Gasteiger partial charge in [0, 0.05) is 18.9 Å². The van der Waals surface area contributed by atoms with Gasteiger partial charge in [-0.1, -0.05) is 37.0 Å². The molecule has 28 heavy (non-hydrogen) atoms. The Balaban J connectivity index is 0.00000210. The molecule has 0 spiro atoms. The van der Waals surface area contributed by atoms with E-state index in [4.69, 9.17) is 11.6 Å². The number of carbonyl (C=O) groups is 1. The molecule has 0 heterocycles. The van der Waals surface area contributed by atoms with Gasteiger partial charge in [0.25, 0.3) is 5.91 Å². The third kappa shape index (κ3) is 5.17. The predicted molar refractivity (Wildman–Crippen MR) is 122 cm³/mol. The van der Waals surface area contributed by atoms with Crippen LogP contribution in [0, 0.1) is 24.2 Å². The average molecular weight is 497 g/mol. The van der Waals surface area contributed by atoms with E-state index in [0.29, 0.717) is 11.3 Å². The predicted octanol–water partition coefficient (Wildman–Crippen LogP) is 3.57. The smallest absolute Gasteiger partial charge is 0.251 e. The Hall–Kier alpha value is -1.79. The Morgan fingerprint density at radius 3 is 2.64 bits per heavy atom. The molecule has 0 aromatic heterocycles. The van der Waals surface area contributed by atoms with Crippen molar-refractivity contribution in [3.05, 3.63) is 47.3 Å². The second kappa shape index (κ2) is 9.61. The molecule has 2 aliphatic carbocycles. The Bertz CT molecular complexity index is 769. The van der Waals surface area contributed by atoms with E-state index >= 15 is 0 Å². The van der Waals surface area contributed by atoms with Gasteiger partial charge in [0.15, 0.2) is 0 Å². The van der Waals surface area contributed by atoms with E-state index in [-0.39, 0.29) is 43.3 Å². The number of hydrogen-bond acceptors (Lipinski definition) is 5. The first-order valence-electron chi connectivity index (χ1n) is 9.75. The number of nitrogens with two attached hydrogens (primary N) is 2. The van der Waals surface area contributed by atoms with Crippen LogP contribution < -0.4 is 16.9 Å². The number of carbonyl (C=O) groups excluding carboxylic acids is 1. The molecular formula is C21H32IN5O. The van der Waals surface area contributed by atoms with E-state index in [2.05, 4.69) is 11.4 Å². The Morgan fingerprint density at radius 2 is 2.07 bits per heavy atom. The number of aryl methyl sites for hydroxylation is 1. The third-order valence-electron chi connectivity index (χ3n) is 5.76. The lowest BCUT2D eigenvalue weighted by atomic mass is 9.82. The molecule has 1 amide bonds. The minimum atomic E-state index is -0.637. The molecule has 6 nitrogen and oxygen atoms in total. The number of rotatable bonds is 6. The highest BCUT2D eigenvalue weighted by Gasteiger charge is 2.47. The van der Waals surface area contributed by atoms with Crippen molar-refractivity contribution in [2.75, 3.05) is 0 Å². The van der Waals surface area contributed by atoms with Crippen LogP contribution in [0.25, 0.3) is 0 Å². The summed E-state index contributed by atoms with van der Waals surface area (Å²) < 4.78 is 0. The Kier molecular flexibility index (Phi) is 7.72. The number of benzene rings is 1. The number of nitrogens with one attached hydrogen (secondary N) is 1. The third-order valence-corrected chi connectivity index (χ3v) is 5.76. The van der Waals surface area contributed by atoms with Crippen molar-refractivity contribution in [3.63, 3.8) is 0 Å². The molecule has 154 valence electrons. The highest BCUT2D eigenvalue weighted by molar-refractivity contribution is 14.0. The molecular weight excluding hydrogens is 465 g/mol. The fourth-order valence-electron chi connectivity index (χ4n) is 3.86. The fraction of sp³-hybridized carbons (Fsp3) is 0.524. The summed E-state index contributed by atoms with van der Waals surface area (Å²) in [6.07, 6.45) is 8.70. The summed E-state index contributed by atoms with van der Waals surface area (Å²) in [5.41, 5.74) is 7.95. The van der Waals surface area contributed by atoms with Gasteiger partial charge in [-0.15, -0.1) is 24.0 Å². The molecule has 1 atom stereocenters. The van der Waals surface area contributed by atoms with E-state index < -0.39 is 5.54 Å². The zero-order valence-corrected chi connectivity index (χ0v) is 18.7. The normalized spacial score (nSPS) is 19.7. The quantitative estimate of drug-likeness (QED) is 0.317. The van der Waals surface area contributed by atoms with E-state index in [1.54, 1.807) is 6.20 Å². The van der Waals surface area contributed by atoms with Crippen LogP contribution in [0.1, 0.15) is 62.3 Å². The van der Waals surface area contributed by atoms with Gasteiger partial charge in [-0.25, -0.2) is 5.84 Å². The van der Waals surface area contributed by atoms with Crippen LogP contribution in [0.4, 0.5) is 0 Å². The van der Waals surface area contributed by atoms with Crippen molar-refractivity contribution >= 4 is 29.9 Å². The highest BCUT2D eigenvalue weighted by atomic mass is 127. The van der Waals surface area contributed by atoms with Crippen LogP contribution in [0.15, 0.2) is 36.2 Å². The number of nitriles is 1. The topological polar surface area (TPSA) is 108 Å². The maximum Gasteiger partial charge on any atom is 0.251 e. The maximum atomic E-state index is 12.8. The van der Waals surface area contributed by atoms with Crippen LogP contribution in [0.2, 0.25) is 0 Å². The van der Waals surface area contributed by atoms with Crippen LogP contribution in [0.5, 0.6) is 0 Å². The Morgan fingerprint density at radius 1 is 1.39 bits per heavy atom. The molecule has 5 N–H and O–H groups in total. The molecule has 2 saturated carbocycles. The lowest BCUT2D eigenvalue weighted by Gasteiger charge is -2.32. The molecule has 2 aliphatic rings. The summed E-state index contributed by atoms with van der Waals surface area (Å²) in [7, 11) is 0. The van der Waals surface area contributed by atoms with Gasteiger partial charge in [-0.05, 0) is 50.7 Å². The molecule has 0 saturated heterocycles. The van der Waals surface area contributed by atoms with Crippen LogP contribution >= 0.6 is 24.0 Å². The summed E-state index contributed by atoms with van der Waals surface area (Å²) in [5, 5.41) is 13.9. The van der Waals surface area contributed by atoms with E-state index in [1.807, 2.05) is 31.2 Å². The number of halogens is 1. The van der Waals surface area contributed by atoms with E-state index in [9.17, 15) is 10.1 Å². The lowest BCUT2D eigenvalue weighted by Crippen LogP contribution is -2.46. The van der Waals surface area contributed by atoms with Crippen molar-refractivity contribution in [2.45, 2.75) is 63.5 Å². The summed E-state index contributed by atoms with van der Waals surface area (Å²) >= 11 is 0. The summed E-state index contributed by atoms with van der Waals surface area (Å²) in [4.78, 5) is 12.8. The lowest BCUT2D eigenvalue weighted by molar-refractivity contribution is 0.0922. The molecule has 1 aromatic rings. The number of amides is 1. The van der Waals surface area contributed by atoms with Crippen molar-refractivity contribution in [2.24, 2.45) is 17.5 Å². The fourth-order valence-corrected chi connectivity index (χ4v) is 3.86. The van der Waals surface area contributed by atoms with Gasteiger partial charge in [-0.3, -0.25) is 9.80 Å². The second-order valence-corrected chi connectivity index (χ2v) is 7.90. The van der Waals surface area contributed by atoms with Gasteiger partial charge in [0.2, 0.25) is 0 Å². The molecule has 0 bridgehead atoms. The molecule has 3 rings (SSSR count). The van der Waals surface area contributed by atoms with Crippen LogP contribution in [-0.4, -0.2) is 22.5 Å². The van der Waals surface area contributed by atoms with E-state index in [1.165, 1.54) is 11.4 Å². The van der Waals surface area contributed by atoms with Crippen molar-refractivity contribution in [1.29, 1.82) is 5.26 Å². The molecule has 0 aliphatic heterocycles. The first kappa shape index (κ1) is 22.5. The minimum Gasteiger partial charge on any atom is -0.399 e. The number of nitrogens with zero attached hydrogens (tertiary/aromatic N) is 2. The van der Waals surface area contributed by atoms with Gasteiger partial charge in [-0.2, -0.15) is 5.26 Å². The molecule has 0 unspecified atom stereocenters. The highest BCUT2D eigenvalue weighted by Crippen LogP contribution is 2.39. The molecule has 7 heteroatoms. The van der Waals surface area contributed by atoms with Crippen molar-refractivity contribution in [1.82, 2.24) is 10.3 Å². The molecule has 0 radical (unpaired) electrons. The molecule has 2 fully saturated rings. The van der Waals surface area contributed by atoms with E-state index in [0.717, 1.165) is 44.1 Å². The largest absolute Gasteiger partial charge is 0.399 e. The Labute approximate surface area is 185 Å². The summed E-state index contributed by atoms with van der Waals surface area (Å²) in [6.45, 7) is 1.97. The maximum absolute atomic E-state index is 12.8. The van der Waals surface area contributed by atoms with Crippen molar-refractivity contribution < 1.29 is 6.22 Å². The van der Waals surface area contributed by atoms with Crippen LogP contribution in [-0.2, 0) is 0 Å². The minimum absolute atomic E-state index is 0. The van der Waals surface area contributed by atoms with Gasteiger partial charge < -0.3 is 11.1 Å². The van der Waals surface area contributed by atoms with Gasteiger partial charge >= 0.3 is 0 Å². The van der Waals surface area contributed by atoms with Crippen molar-refractivity contribution in [3.8, 4) is 6.07 Å². The monoisotopic (exact) mass is 497 g/mol. The first-order chi connectivity index (χ1) is 12.9. The average Bonchev–Trinajstić information content (AvgIpc) is 3.48. The first-order valence-corrected chi connectivity index (χ1v) is 9.75.